The number of aryl methyl sites for hydroxylation is 1. The van der Waals surface area contributed by atoms with Crippen LogP contribution >= 0.6 is 23.1 Å². The summed E-state index contributed by atoms with van der Waals surface area (Å²) in [6.45, 7) is 4.18. The molecule has 0 atom stereocenters. The van der Waals surface area contributed by atoms with Crippen LogP contribution in [-0.2, 0) is 11.2 Å². The topological polar surface area (TPSA) is 64.1 Å². The standard InChI is InChI=1S/C16H21N3O2S2/c1-3-5-10-22-16-19-18-15(23-16)17-14(20)11-21-13-9-7-6-8-12(13)4-2/h6-9H,3-5,10-11H2,1-2H3,(H,17,18,20). The highest BCUT2D eigenvalue weighted by Gasteiger charge is 2.10. The number of nitrogens with zero attached hydrogens (tertiary/aromatic N) is 2. The first-order valence-corrected chi connectivity index (χ1v) is 9.50. The Morgan fingerprint density at radius 1 is 1.30 bits per heavy atom. The molecule has 2 rings (SSSR count). The molecule has 0 saturated heterocycles. The molecule has 23 heavy (non-hydrogen) atoms. The van der Waals surface area contributed by atoms with Crippen molar-refractivity contribution >= 4 is 34.1 Å². The lowest BCUT2D eigenvalue weighted by Gasteiger charge is -2.09. The van der Waals surface area contributed by atoms with Gasteiger partial charge in [-0.15, -0.1) is 10.2 Å². The summed E-state index contributed by atoms with van der Waals surface area (Å²) in [6.07, 6.45) is 3.18. The summed E-state index contributed by atoms with van der Waals surface area (Å²) in [5.74, 6) is 1.55. The molecule has 1 aromatic heterocycles. The summed E-state index contributed by atoms with van der Waals surface area (Å²) in [7, 11) is 0. The van der Waals surface area contributed by atoms with Crippen molar-refractivity contribution in [3.63, 3.8) is 0 Å². The van der Waals surface area contributed by atoms with E-state index in [9.17, 15) is 4.79 Å². The monoisotopic (exact) mass is 351 g/mol. The lowest BCUT2D eigenvalue weighted by Crippen LogP contribution is -2.20. The van der Waals surface area contributed by atoms with Gasteiger partial charge in [0.15, 0.2) is 10.9 Å². The van der Waals surface area contributed by atoms with Crippen LogP contribution in [0.5, 0.6) is 5.75 Å². The summed E-state index contributed by atoms with van der Waals surface area (Å²) >= 11 is 3.06. The molecule has 1 aromatic carbocycles. The van der Waals surface area contributed by atoms with E-state index in [4.69, 9.17) is 4.74 Å². The highest BCUT2D eigenvalue weighted by atomic mass is 32.2. The number of amides is 1. The highest BCUT2D eigenvalue weighted by Crippen LogP contribution is 2.26. The zero-order chi connectivity index (χ0) is 16.5. The number of anilines is 1. The molecule has 1 N–H and O–H groups in total. The lowest BCUT2D eigenvalue weighted by atomic mass is 10.1. The predicted octanol–water partition coefficient (Wildman–Crippen LogP) is 4.01. The largest absolute Gasteiger partial charge is 0.483 e. The minimum Gasteiger partial charge on any atom is -0.483 e. The van der Waals surface area contributed by atoms with Gasteiger partial charge in [-0.25, -0.2) is 0 Å². The summed E-state index contributed by atoms with van der Waals surface area (Å²) < 4.78 is 6.47. The van der Waals surface area contributed by atoms with Gasteiger partial charge in [-0.2, -0.15) is 0 Å². The van der Waals surface area contributed by atoms with Gasteiger partial charge in [0.05, 0.1) is 0 Å². The van der Waals surface area contributed by atoms with Crippen LogP contribution in [0.15, 0.2) is 28.6 Å². The Hall–Kier alpha value is -1.60. The number of carbonyl (C=O) groups excluding carboxylic acids is 1. The molecule has 0 fully saturated rings. The van der Waals surface area contributed by atoms with Crippen molar-refractivity contribution in [2.45, 2.75) is 37.4 Å². The van der Waals surface area contributed by atoms with Crippen LogP contribution in [0.1, 0.15) is 32.3 Å². The van der Waals surface area contributed by atoms with Crippen LogP contribution < -0.4 is 10.1 Å². The Morgan fingerprint density at radius 2 is 2.13 bits per heavy atom. The second-order valence-electron chi connectivity index (χ2n) is 4.87. The summed E-state index contributed by atoms with van der Waals surface area (Å²) in [6, 6.07) is 7.74. The van der Waals surface area contributed by atoms with Crippen molar-refractivity contribution in [2.75, 3.05) is 17.7 Å². The van der Waals surface area contributed by atoms with Crippen molar-refractivity contribution in [3.05, 3.63) is 29.8 Å². The van der Waals surface area contributed by atoms with E-state index < -0.39 is 0 Å². The van der Waals surface area contributed by atoms with Crippen LogP contribution in [0.4, 0.5) is 5.13 Å². The van der Waals surface area contributed by atoms with Gasteiger partial charge in [0, 0.05) is 5.75 Å². The Kier molecular flexibility index (Phi) is 7.35. The van der Waals surface area contributed by atoms with Gasteiger partial charge in [0.25, 0.3) is 5.91 Å². The van der Waals surface area contributed by atoms with E-state index in [0.717, 1.165) is 40.7 Å². The van der Waals surface area contributed by atoms with Gasteiger partial charge in [-0.1, -0.05) is 61.6 Å². The summed E-state index contributed by atoms with van der Waals surface area (Å²) in [5, 5.41) is 11.3. The number of thioether (sulfide) groups is 1. The molecule has 0 aliphatic carbocycles. The van der Waals surface area contributed by atoms with Crippen molar-refractivity contribution in [3.8, 4) is 5.75 Å². The third-order valence-corrected chi connectivity index (χ3v) is 5.15. The number of para-hydroxylation sites is 1. The number of carbonyl (C=O) groups is 1. The second-order valence-corrected chi connectivity index (χ2v) is 7.19. The van der Waals surface area contributed by atoms with E-state index >= 15 is 0 Å². The summed E-state index contributed by atoms with van der Waals surface area (Å²) in [4.78, 5) is 12.0. The van der Waals surface area contributed by atoms with E-state index in [-0.39, 0.29) is 12.5 Å². The third-order valence-electron chi connectivity index (χ3n) is 3.09. The molecule has 0 bridgehead atoms. The average molecular weight is 351 g/mol. The van der Waals surface area contributed by atoms with Crippen LogP contribution in [0.3, 0.4) is 0 Å². The Balaban J connectivity index is 1.80. The van der Waals surface area contributed by atoms with Crippen molar-refractivity contribution in [1.29, 1.82) is 0 Å². The number of nitrogens with one attached hydrogen (secondary N) is 1. The van der Waals surface area contributed by atoms with E-state index in [0.29, 0.717) is 5.13 Å². The Bertz CT molecular complexity index is 631. The van der Waals surface area contributed by atoms with Gasteiger partial charge in [0.2, 0.25) is 5.13 Å². The fourth-order valence-corrected chi connectivity index (χ4v) is 3.78. The number of ether oxygens (including phenoxy) is 1. The van der Waals surface area contributed by atoms with Crippen molar-refractivity contribution in [2.24, 2.45) is 0 Å². The number of hydrogen-bond acceptors (Lipinski definition) is 6. The minimum atomic E-state index is -0.225. The first kappa shape index (κ1) is 17.7. The maximum atomic E-state index is 12.0. The molecule has 124 valence electrons. The molecule has 0 radical (unpaired) electrons. The van der Waals surface area contributed by atoms with Gasteiger partial charge < -0.3 is 4.74 Å². The molecule has 0 aliphatic rings. The molecule has 1 amide bonds. The van der Waals surface area contributed by atoms with E-state index in [1.807, 2.05) is 24.3 Å². The Morgan fingerprint density at radius 3 is 2.91 bits per heavy atom. The summed E-state index contributed by atoms with van der Waals surface area (Å²) in [5.41, 5.74) is 1.09. The Labute approximate surface area is 144 Å². The maximum Gasteiger partial charge on any atom is 0.264 e. The number of aromatic nitrogens is 2. The maximum absolute atomic E-state index is 12.0. The highest BCUT2D eigenvalue weighted by molar-refractivity contribution is 8.01. The van der Waals surface area contributed by atoms with Gasteiger partial charge in [0.1, 0.15) is 5.75 Å². The normalized spacial score (nSPS) is 10.5. The molecular formula is C16H21N3O2S2. The van der Waals surface area contributed by atoms with Crippen LogP contribution in [0.2, 0.25) is 0 Å². The fraction of sp³-hybridized carbons (Fsp3) is 0.438. The molecule has 7 heteroatoms. The smallest absolute Gasteiger partial charge is 0.264 e. The SMILES string of the molecule is CCCCSc1nnc(NC(=O)COc2ccccc2CC)s1. The van der Waals surface area contributed by atoms with E-state index in [1.54, 1.807) is 11.8 Å². The first-order chi connectivity index (χ1) is 11.2. The zero-order valence-electron chi connectivity index (χ0n) is 13.4. The molecule has 1 heterocycles. The molecule has 0 saturated carbocycles. The number of hydrogen-bond donors (Lipinski definition) is 1. The molecule has 5 nitrogen and oxygen atoms in total. The predicted molar refractivity (Wildman–Crippen MR) is 95.5 cm³/mol. The van der Waals surface area contributed by atoms with Gasteiger partial charge in [-0.3, -0.25) is 10.1 Å². The molecule has 2 aromatic rings. The average Bonchev–Trinajstić information content (AvgIpc) is 3.00. The lowest BCUT2D eigenvalue weighted by molar-refractivity contribution is -0.118. The third kappa shape index (κ3) is 5.84. The number of rotatable bonds is 9. The zero-order valence-corrected chi connectivity index (χ0v) is 15.0. The molecule has 0 unspecified atom stereocenters. The quantitative estimate of drug-likeness (QED) is 0.420. The molecule has 0 aliphatic heterocycles. The van der Waals surface area contributed by atoms with Crippen LogP contribution in [0, 0.1) is 0 Å². The first-order valence-electron chi connectivity index (χ1n) is 7.69. The van der Waals surface area contributed by atoms with Crippen molar-refractivity contribution < 1.29 is 9.53 Å². The van der Waals surface area contributed by atoms with E-state index in [2.05, 4.69) is 29.4 Å². The fourth-order valence-electron chi connectivity index (χ4n) is 1.86. The van der Waals surface area contributed by atoms with Gasteiger partial charge >= 0.3 is 0 Å². The number of unbranched alkanes of at least 4 members (excludes halogenated alkanes) is 1. The molecule has 0 spiro atoms. The minimum absolute atomic E-state index is 0.0328. The van der Waals surface area contributed by atoms with Gasteiger partial charge in [-0.05, 0) is 24.5 Å². The number of benzene rings is 1. The van der Waals surface area contributed by atoms with Crippen LogP contribution in [-0.4, -0.2) is 28.5 Å². The molecular weight excluding hydrogens is 330 g/mol. The van der Waals surface area contributed by atoms with Crippen LogP contribution in [0.25, 0.3) is 0 Å². The second kappa shape index (κ2) is 9.52. The van der Waals surface area contributed by atoms with Crippen molar-refractivity contribution in [1.82, 2.24) is 10.2 Å². The van der Waals surface area contributed by atoms with E-state index in [1.165, 1.54) is 11.3 Å².